The Bertz CT molecular complexity index is 475. The molecule has 0 aliphatic carbocycles. The van der Waals surface area contributed by atoms with Gasteiger partial charge in [0.25, 0.3) is 0 Å². The summed E-state index contributed by atoms with van der Waals surface area (Å²) in [5.41, 5.74) is 0.839. The van der Waals surface area contributed by atoms with Gasteiger partial charge in [0, 0.05) is 13.1 Å². The van der Waals surface area contributed by atoms with Gasteiger partial charge in [0.15, 0.2) is 0 Å². The summed E-state index contributed by atoms with van der Waals surface area (Å²) >= 11 is 0. The highest BCUT2D eigenvalue weighted by molar-refractivity contribution is 5.90. The standard InChI is InChI=1S/C15H24N2O3/c1-11-13(14(18)19-4)7-12(20-11)8-17(3)10-15(2)5-6-16-9-15/h7,16H,5-6,8-10H2,1-4H3. The average Bonchev–Trinajstić information content (AvgIpc) is 2.95. The Morgan fingerprint density at radius 2 is 2.35 bits per heavy atom. The summed E-state index contributed by atoms with van der Waals surface area (Å²) in [4.78, 5) is 13.8. The van der Waals surface area contributed by atoms with E-state index in [0.717, 1.165) is 25.4 Å². The third-order valence-corrected chi connectivity index (χ3v) is 3.91. The molecule has 0 aromatic carbocycles. The molecule has 20 heavy (non-hydrogen) atoms. The van der Waals surface area contributed by atoms with Gasteiger partial charge < -0.3 is 14.5 Å². The lowest BCUT2D eigenvalue weighted by atomic mass is 9.89. The van der Waals surface area contributed by atoms with E-state index in [1.165, 1.54) is 13.5 Å². The van der Waals surface area contributed by atoms with Crippen molar-refractivity contribution < 1.29 is 13.9 Å². The van der Waals surface area contributed by atoms with Crippen molar-refractivity contribution in [2.45, 2.75) is 26.8 Å². The van der Waals surface area contributed by atoms with Crippen LogP contribution in [0.5, 0.6) is 0 Å². The van der Waals surface area contributed by atoms with Crippen LogP contribution in [0, 0.1) is 12.3 Å². The largest absolute Gasteiger partial charge is 0.465 e. The monoisotopic (exact) mass is 280 g/mol. The Balaban J connectivity index is 1.97. The molecular weight excluding hydrogens is 256 g/mol. The summed E-state index contributed by atoms with van der Waals surface area (Å²) in [5.74, 6) is 1.08. The van der Waals surface area contributed by atoms with Gasteiger partial charge in [-0.3, -0.25) is 4.90 Å². The number of methoxy groups -OCH3 is 1. The first-order valence-electron chi connectivity index (χ1n) is 7.00. The summed E-state index contributed by atoms with van der Waals surface area (Å²) in [5, 5.41) is 3.41. The molecule has 112 valence electrons. The predicted octanol–water partition coefficient (Wildman–Crippen LogP) is 1.81. The Morgan fingerprint density at radius 1 is 1.60 bits per heavy atom. The van der Waals surface area contributed by atoms with E-state index in [1.54, 1.807) is 13.0 Å². The molecule has 1 aliphatic rings. The van der Waals surface area contributed by atoms with Gasteiger partial charge in [0.2, 0.25) is 0 Å². The molecule has 1 aliphatic heterocycles. The van der Waals surface area contributed by atoms with Crippen LogP contribution in [0.1, 0.15) is 35.2 Å². The zero-order valence-electron chi connectivity index (χ0n) is 12.8. The molecule has 2 rings (SSSR count). The summed E-state index contributed by atoms with van der Waals surface area (Å²) in [6.45, 7) is 7.95. The predicted molar refractivity (Wildman–Crippen MR) is 76.7 cm³/mol. The number of ether oxygens (including phenoxy) is 1. The van der Waals surface area contributed by atoms with Crippen molar-refractivity contribution in [2.24, 2.45) is 5.41 Å². The molecule has 0 radical (unpaired) electrons. The first kappa shape index (κ1) is 15.1. The van der Waals surface area contributed by atoms with Crippen molar-refractivity contribution in [3.8, 4) is 0 Å². The van der Waals surface area contributed by atoms with Crippen LogP contribution in [-0.4, -0.2) is 44.7 Å². The van der Waals surface area contributed by atoms with Gasteiger partial charge in [-0.05, 0) is 38.4 Å². The van der Waals surface area contributed by atoms with Gasteiger partial charge in [-0.15, -0.1) is 0 Å². The average molecular weight is 280 g/mol. The van der Waals surface area contributed by atoms with Crippen LogP contribution >= 0.6 is 0 Å². The molecule has 1 N–H and O–H groups in total. The van der Waals surface area contributed by atoms with Gasteiger partial charge in [0.05, 0.1) is 13.7 Å². The zero-order chi connectivity index (χ0) is 14.8. The molecule has 1 aromatic heterocycles. The van der Waals surface area contributed by atoms with E-state index >= 15 is 0 Å². The molecule has 0 spiro atoms. The minimum atomic E-state index is -0.341. The Kier molecular flexibility index (Phi) is 4.50. The van der Waals surface area contributed by atoms with Crippen LogP contribution in [0.25, 0.3) is 0 Å². The smallest absolute Gasteiger partial charge is 0.341 e. The zero-order valence-corrected chi connectivity index (χ0v) is 12.8. The van der Waals surface area contributed by atoms with Crippen molar-refractivity contribution in [2.75, 3.05) is 33.8 Å². The molecule has 1 unspecified atom stereocenters. The van der Waals surface area contributed by atoms with Crippen LogP contribution in [0.2, 0.25) is 0 Å². The highest BCUT2D eigenvalue weighted by Gasteiger charge is 2.30. The normalized spacial score (nSPS) is 22.4. The molecule has 1 fully saturated rings. The Labute approximate surface area is 120 Å². The molecule has 1 saturated heterocycles. The van der Waals surface area contributed by atoms with Crippen LogP contribution in [-0.2, 0) is 11.3 Å². The number of hydrogen-bond donors (Lipinski definition) is 1. The number of rotatable bonds is 5. The molecule has 0 amide bonds. The summed E-state index contributed by atoms with van der Waals surface area (Å²) in [7, 11) is 3.47. The van der Waals surface area contributed by atoms with Gasteiger partial charge in [0.1, 0.15) is 17.1 Å². The van der Waals surface area contributed by atoms with E-state index < -0.39 is 0 Å². The minimum Gasteiger partial charge on any atom is -0.465 e. The molecule has 1 atom stereocenters. The number of nitrogens with zero attached hydrogens (tertiary/aromatic N) is 1. The quantitative estimate of drug-likeness (QED) is 0.834. The lowest BCUT2D eigenvalue weighted by molar-refractivity contribution is 0.0599. The number of furan rings is 1. The lowest BCUT2D eigenvalue weighted by Crippen LogP contribution is -2.34. The van der Waals surface area contributed by atoms with Gasteiger partial charge in [-0.2, -0.15) is 0 Å². The molecule has 5 nitrogen and oxygen atoms in total. The van der Waals surface area contributed by atoms with E-state index in [-0.39, 0.29) is 5.97 Å². The SMILES string of the molecule is COC(=O)c1cc(CN(C)CC2(C)CCNC2)oc1C. The lowest BCUT2D eigenvalue weighted by Gasteiger charge is -2.28. The fourth-order valence-electron chi connectivity index (χ4n) is 2.91. The van der Waals surface area contributed by atoms with E-state index in [0.29, 0.717) is 23.3 Å². The van der Waals surface area contributed by atoms with Gasteiger partial charge >= 0.3 is 5.97 Å². The molecule has 1 aromatic rings. The number of hydrogen-bond acceptors (Lipinski definition) is 5. The maximum Gasteiger partial charge on any atom is 0.341 e. The topological polar surface area (TPSA) is 54.7 Å². The molecule has 0 saturated carbocycles. The molecule has 0 bridgehead atoms. The maximum absolute atomic E-state index is 11.6. The van der Waals surface area contributed by atoms with E-state index in [9.17, 15) is 4.79 Å². The molecule has 2 heterocycles. The second-order valence-electron chi connectivity index (χ2n) is 6.08. The summed E-state index contributed by atoms with van der Waals surface area (Å²) in [6.07, 6.45) is 1.20. The third kappa shape index (κ3) is 3.41. The summed E-state index contributed by atoms with van der Waals surface area (Å²) < 4.78 is 10.4. The Morgan fingerprint density at radius 3 is 2.95 bits per heavy atom. The second-order valence-corrected chi connectivity index (χ2v) is 6.08. The third-order valence-electron chi connectivity index (χ3n) is 3.91. The van der Waals surface area contributed by atoms with Crippen molar-refractivity contribution in [3.63, 3.8) is 0 Å². The fraction of sp³-hybridized carbons (Fsp3) is 0.667. The van der Waals surface area contributed by atoms with Crippen LogP contribution in [0.15, 0.2) is 10.5 Å². The minimum absolute atomic E-state index is 0.321. The van der Waals surface area contributed by atoms with Crippen LogP contribution in [0.4, 0.5) is 0 Å². The highest BCUT2D eigenvalue weighted by Crippen LogP contribution is 2.26. The first-order valence-corrected chi connectivity index (χ1v) is 7.00. The molecule has 5 heteroatoms. The summed E-state index contributed by atoms with van der Waals surface area (Å²) in [6, 6.07) is 1.78. The van der Waals surface area contributed by atoms with Crippen molar-refractivity contribution in [1.82, 2.24) is 10.2 Å². The van der Waals surface area contributed by atoms with Gasteiger partial charge in [-0.25, -0.2) is 4.79 Å². The van der Waals surface area contributed by atoms with Crippen LogP contribution < -0.4 is 5.32 Å². The number of carbonyl (C=O) groups is 1. The second kappa shape index (κ2) is 5.97. The molecular formula is C15H24N2O3. The van der Waals surface area contributed by atoms with Crippen molar-refractivity contribution >= 4 is 5.97 Å². The fourth-order valence-corrected chi connectivity index (χ4v) is 2.91. The van der Waals surface area contributed by atoms with Gasteiger partial charge in [-0.1, -0.05) is 6.92 Å². The number of carbonyl (C=O) groups excluding carboxylic acids is 1. The van der Waals surface area contributed by atoms with E-state index in [4.69, 9.17) is 9.15 Å². The number of nitrogens with one attached hydrogen (secondary N) is 1. The van der Waals surface area contributed by atoms with Crippen LogP contribution in [0.3, 0.4) is 0 Å². The van der Waals surface area contributed by atoms with E-state index in [2.05, 4.69) is 24.2 Å². The number of aryl methyl sites for hydroxylation is 1. The number of esters is 1. The van der Waals surface area contributed by atoms with E-state index in [1.807, 2.05) is 0 Å². The van der Waals surface area contributed by atoms with Crippen molar-refractivity contribution in [3.05, 3.63) is 23.2 Å². The van der Waals surface area contributed by atoms with Crippen molar-refractivity contribution in [1.29, 1.82) is 0 Å². The Hall–Kier alpha value is -1.33. The first-order chi connectivity index (χ1) is 9.43. The highest BCUT2D eigenvalue weighted by atomic mass is 16.5. The maximum atomic E-state index is 11.6.